The summed E-state index contributed by atoms with van der Waals surface area (Å²) in [6.07, 6.45) is 9.40. The molecule has 2 aliphatic carbocycles. The van der Waals surface area contributed by atoms with Gasteiger partial charge in [-0.1, -0.05) is 19.8 Å². The van der Waals surface area contributed by atoms with E-state index in [4.69, 9.17) is 4.74 Å². The second kappa shape index (κ2) is 5.32. The zero-order valence-corrected chi connectivity index (χ0v) is 11.5. The third kappa shape index (κ3) is 2.51. The average Bonchev–Trinajstić information content (AvgIpc) is 3.19. The van der Waals surface area contributed by atoms with Crippen molar-refractivity contribution in [1.29, 1.82) is 0 Å². The number of fused-ring (bicyclic) bond motifs is 1. The summed E-state index contributed by atoms with van der Waals surface area (Å²) >= 11 is 0. The Morgan fingerprint density at radius 2 is 2.05 bits per heavy atom. The summed E-state index contributed by atoms with van der Waals surface area (Å²) in [7, 11) is 0. The van der Waals surface area contributed by atoms with Gasteiger partial charge in [0.25, 0.3) is 0 Å². The number of carbonyl (C=O) groups excluding carboxylic acids is 1. The van der Waals surface area contributed by atoms with Crippen LogP contribution in [0.15, 0.2) is 18.5 Å². The van der Waals surface area contributed by atoms with Crippen molar-refractivity contribution in [3.05, 3.63) is 24.0 Å². The van der Waals surface area contributed by atoms with Crippen molar-refractivity contribution in [1.82, 2.24) is 4.98 Å². The van der Waals surface area contributed by atoms with Crippen molar-refractivity contribution in [2.75, 3.05) is 6.61 Å². The van der Waals surface area contributed by atoms with E-state index in [1.807, 2.05) is 6.07 Å². The van der Waals surface area contributed by atoms with Crippen molar-refractivity contribution < 1.29 is 9.53 Å². The Kier molecular flexibility index (Phi) is 3.54. The Morgan fingerprint density at radius 1 is 1.32 bits per heavy atom. The molecule has 1 heterocycles. The predicted molar refractivity (Wildman–Crippen MR) is 73.3 cm³/mol. The van der Waals surface area contributed by atoms with E-state index in [1.54, 1.807) is 12.4 Å². The Labute approximate surface area is 114 Å². The second-order valence-electron chi connectivity index (χ2n) is 5.76. The highest BCUT2D eigenvalue weighted by atomic mass is 16.5. The van der Waals surface area contributed by atoms with E-state index < -0.39 is 0 Å². The molecule has 102 valence electrons. The largest absolute Gasteiger partial charge is 0.492 e. The van der Waals surface area contributed by atoms with Gasteiger partial charge in [-0.2, -0.15) is 0 Å². The molecule has 2 fully saturated rings. The number of hydrogen-bond acceptors (Lipinski definition) is 3. The first-order valence-corrected chi connectivity index (χ1v) is 7.43. The minimum atomic E-state index is 0.269. The molecule has 0 aliphatic heterocycles. The molecule has 0 radical (unpaired) electrons. The molecule has 19 heavy (non-hydrogen) atoms. The van der Waals surface area contributed by atoms with Crippen molar-refractivity contribution in [2.24, 2.45) is 17.8 Å². The molecule has 2 atom stereocenters. The normalized spacial score (nSPS) is 28.6. The fourth-order valence-corrected chi connectivity index (χ4v) is 3.43. The predicted octanol–water partition coefficient (Wildman–Crippen LogP) is 3.49. The van der Waals surface area contributed by atoms with Crippen molar-refractivity contribution in [3.63, 3.8) is 0 Å². The van der Waals surface area contributed by atoms with E-state index >= 15 is 0 Å². The van der Waals surface area contributed by atoms with Crippen molar-refractivity contribution >= 4 is 5.78 Å². The molecule has 1 aromatic heterocycles. The molecular weight excluding hydrogens is 238 g/mol. The topological polar surface area (TPSA) is 39.2 Å². The molecular formula is C16H21NO2. The first kappa shape index (κ1) is 12.6. The molecule has 3 rings (SSSR count). The molecule has 2 saturated carbocycles. The van der Waals surface area contributed by atoms with E-state index in [9.17, 15) is 4.79 Å². The number of hydrogen-bond donors (Lipinski definition) is 0. The van der Waals surface area contributed by atoms with Gasteiger partial charge in [0.05, 0.1) is 12.8 Å². The van der Waals surface area contributed by atoms with Gasteiger partial charge in [-0.25, -0.2) is 0 Å². The summed E-state index contributed by atoms with van der Waals surface area (Å²) in [5, 5.41) is 0. The van der Waals surface area contributed by atoms with Crippen LogP contribution in [-0.4, -0.2) is 17.4 Å². The maximum absolute atomic E-state index is 12.5. The number of ether oxygens (including phenoxy) is 1. The third-order valence-corrected chi connectivity index (χ3v) is 4.43. The molecule has 0 N–H and O–H groups in total. The number of rotatable bonds is 5. The van der Waals surface area contributed by atoms with Gasteiger partial charge in [0.1, 0.15) is 5.75 Å². The summed E-state index contributed by atoms with van der Waals surface area (Å²) in [6, 6.07) is 1.86. The van der Waals surface area contributed by atoms with Crippen molar-refractivity contribution in [3.8, 4) is 5.75 Å². The third-order valence-electron chi connectivity index (χ3n) is 4.43. The van der Waals surface area contributed by atoms with E-state index in [0.29, 0.717) is 18.4 Å². The lowest BCUT2D eigenvalue weighted by molar-refractivity contribution is 0.0955. The average molecular weight is 259 g/mol. The van der Waals surface area contributed by atoms with E-state index in [-0.39, 0.29) is 11.7 Å². The smallest absolute Gasteiger partial charge is 0.168 e. The maximum atomic E-state index is 12.5. The van der Waals surface area contributed by atoms with Gasteiger partial charge < -0.3 is 4.74 Å². The number of ketones is 1. The quantitative estimate of drug-likeness (QED) is 0.760. The zero-order valence-electron chi connectivity index (χ0n) is 11.5. The van der Waals surface area contributed by atoms with Crippen LogP contribution in [0.25, 0.3) is 0 Å². The number of Topliss-reactive ketones (excluding diaryl/α,β-unsaturated/α-hetero) is 1. The monoisotopic (exact) mass is 259 g/mol. The summed E-state index contributed by atoms with van der Waals surface area (Å²) in [4.78, 5) is 16.6. The minimum Gasteiger partial charge on any atom is -0.492 e. The fraction of sp³-hybridized carbons (Fsp3) is 0.625. The van der Waals surface area contributed by atoms with Crippen LogP contribution in [0.2, 0.25) is 0 Å². The number of aromatic nitrogens is 1. The number of carbonyl (C=O) groups is 1. The van der Waals surface area contributed by atoms with Gasteiger partial charge in [-0.3, -0.25) is 9.78 Å². The summed E-state index contributed by atoms with van der Waals surface area (Å²) in [5.74, 6) is 2.58. The van der Waals surface area contributed by atoms with Gasteiger partial charge in [-0.05, 0) is 37.2 Å². The van der Waals surface area contributed by atoms with Crippen LogP contribution in [0.1, 0.15) is 49.4 Å². The molecule has 1 aromatic rings. The van der Waals surface area contributed by atoms with Crippen LogP contribution in [0.4, 0.5) is 0 Å². The van der Waals surface area contributed by atoms with Crippen LogP contribution in [0.5, 0.6) is 5.75 Å². The fourth-order valence-electron chi connectivity index (χ4n) is 3.43. The lowest BCUT2D eigenvalue weighted by atomic mass is 10.0. The van der Waals surface area contributed by atoms with Gasteiger partial charge in [0.15, 0.2) is 5.78 Å². The number of pyridine rings is 1. The Balaban J connectivity index is 1.70. The minimum absolute atomic E-state index is 0.269. The molecule has 0 spiro atoms. The molecule has 0 aromatic carbocycles. The van der Waals surface area contributed by atoms with Gasteiger partial charge in [0, 0.05) is 17.7 Å². The Bertz CT molecular complexity index is 460. The molecule has 2 unspecified atom stereocenters. The van der Waals surface area contributed by atoms with Crippen LogP contribution in [-0.2, 0) is 0 Å². The molecule has 0 saturated heterocycles. The maximum Gasteiger partial charge on any atom is 0.168 e. The molecule has 0 amide bonds. The highest BCUT2D eigenvalue weighted by molar-refractivity contribution is 6.00. The van der Waals surface area contributed by atoms with Gasteiger partial charge >= 0.3 is 0 Å². The summed E-state index contributed by atoms with van der Waals surface area (Å²) in [6.45, 7) is 2.74. The zero-order chi connectivity index (χ0) is 13.2. The Hall–Kier alpha value is -1.38. The molecule has 2 aliphatic rings. The summed E-state index contributed by atoms with van der Waals surface area (Å²) < 4.78 is 5.55. The highest BCUT2D eigenvalue weighted by Crippen LogP contribution is 2.56. The molecule has 3 heteroatoms. The highest BCUT2D eigenvalue weighted by Gasteiger charge is 2.54. The summed E-state index contributed by atoms with van der Waals surface area (Å²) in [5.41, 5.74) is 0.730. The lowest BCUT2D eigenvalue weighted by Gasteiger charge is -2.05. The van der Waals surface area contributed by atoms with Gasteiger partial charge in [0.2, 0.25) is 0 Å². The standard InChI is InChI=1S/C16H21NO2/c1-2-7-19-12-8-11(9-17-10-12)16(18)15-13-5-3-4-6-14(13)15/h8-10,13-15H,2-7H2,1H3. The molecule has 0 bridgehead atoms. The second-order valence-corrected chi connectivity index (χ2v) is 5.76. The Morgan fingerprint density at radius 3 is 2.74 bits per heavy atom. The number of nitrogens with zero attached hydrogens (tertiary/aromatic N) is 1. The van der Waals surface area contributed by atoms with Crippen LogP contribution >= 0.6 is 0 Å². The van der Waals surface area contributed by atoms with Gasteiger partial charge in [-0.15, -0.1) is 0 Å². The van der Waals surface area contributed by atoms with E-state index in [1.165, 1.54) is 25.7 Å². The van der Waals surface area contributed by atoms with E-state index in [2.05, 4.69) is 11.9 Å². The first-order valence-electron chi connectivity index (χ1n) is 7.43. The SMILES string of the molecule is CCCOc1cncc(C(=O)C2C3CCCCC32)c1. The van der Waals surface area contributed by atoms with Crippen LogP contribution in [0.3, 0.4) is 0 Å². The van der Waals surface area contributed by atoms with Crippen LogP contribution in [0, 0.1) is 17.8 Å². The lowest BCUT2D eigenvalue weighted by Crippen LogP contribution is -2.06. The van der Waals surface area contributed by atoms with E-state index in [0.717, 1.165) is 17.7 Å². The van der Waals surface area contributed by atoms with Crippen LogP contribution < -0.4 is 4.74 Å². The van der Waals surface area contributed by atoms with Crippen molar-refractivity contribution in [2.45, 2.75) is 39.0 Å². The first-order chi connectivity index (χ1) is 9.31. The molecule has 3 nitrogen and oxygen atoms in total.